The van der Waals surface area contributed by atoms with Crippen LogP contribution in [0.4, 0.5) is 5.69 Å². The van der Waals surface area contributed by atoms with Gasteiger partial charge in [0.1, 0.15) is 0 Å². The third kappa shape index (κ3) is 2.79. The zero-order valence-corrected chi connectivity index (χ0v) is 12.6. The van der Waals surface area contributed by atoms with Crippen molar-refractivity contribution in [1.29, 1.82) is 0 Å². The maximum absolute atomic E-state index is 12.5. The lowest BCUT2D eigenvalue weighted by atomic mass is 9.92. The number of para-hydroxylation sites is 1. The first-order valence-corrected chi connectivity index (χ1v) is 8.21. The highest BCUT2D eigenvalue weighted by molar-refractivity contribution is 7.89. The molecular weight excluding hydrogens is 316 g/mol. The number of carbonyl (C=O) groups excluding carboxylic acids is 2. The summed E-state index contributed by atoms with van der Waals surface area (Å²) in [6.07, 6.45) is 1.09. The molecule has 0 aliphatic heterocycles. The summed E-state index contributed by atoms with van der Waals surface area (Å²) in [6, 6.07) is 12.9. The monoisotopic (exact) mass is 328 g/mol. The number of primary sulfonamides is 1. The summed E-state index contributed by atoms with van der Waals surface area (Å²) < 4.78 is 23.2. The molecule has 0 fully saturated rings. The Hall–Kier alpha value is -2.77. The summed E-state index contributed by atoms with van der Waals surface area (Å²) in [5.41, 5.74) is 0.562. The Kier molecular flexibility index (Phi) is 3.59. The number of fused-ring (bicyclic) bond motifs is 1. The van der Waals surface area contributed by atoms with Gasteiger partial charge in [-0.3, -0.25) is 9.59 Å². The third-order valence-corrected chi connectivity index (χ3v) is 4.35. The molecule has 0 saturated heterocycles. The molecule has 0 amide bonds. The fraction of sp³-hybridized carbons (Fsp3) is 0. The SMILES string of the molecule is NS(=O)(=O)c1cccc2c1C(=O)C=C(Nc1ccccc1)C2=O. The van der Waals surface area contributed by atoms with Crippen LogP contribution in [0.3, 0.4) is 0 Å². The van der Waals surface area contributed by atoms with Crippen molar-refractivity contribution in [3.8, 4) is 0 Å². The van der Waals surface area contributed by atoms with Gasteiger partial charge in [-0.1, -0.05) is 30.3 Å². The number of ketones is 2. The molecule has 2 aromatic rings. The van der Waals surface area contributed by atoms with Gasteiger partial charge in [-0.25, -0.2) is 13.6 Å². The Bertz CT molecular complexity index is 947. The van der Waals surface area contributed by atoms with Crippen molar-refractivity contribution in [2.75, 3.05) is 5.32 Å². The molecule has 3 rings (SSSR count). The number of nitrogens with one attached hydrogen (secondary N) is 1. The van der Waals surface area contributed by atoms with Gasteiger partial charge in [-0.05, 0) is 18.2 Å². The molecule has 0 aromatic heterocycles. The molecule has 1 aliphatic carbocycles. The average Bonchev–Trinajstić information content (AvgIpc) is 2.52. The van der Waals surface area contributed by atoms with Crippen LogP contribution in [0.15, 0.2) is 65.2 Å². The van der Waals surface area contributed by atoms with Crippen molar-refractivity contribution in [2.24, 2.45) is 5.14 Å². The van der Waals surface area contributed by atoms with Gasteiger partial charge in [-0.15, -0.1) is 0 Å². The van der Waals surface area contributed by atoms with Crippen molar-refractivity contribution >= 4 is 27.3 Å². The number of rotatable bonds is 3. The summed E-state index contributed by atoms with van der Waals surface area (Å²) in [4.78, 5) is 24.5. The van der Waals surface area contributed by atoms with Crippen molar-refractivity contribution in [1.82, 2.24) is 0 Å². The van der Waals surface area contributed by atoms with Crippen LogP contribution in [0.2, 0.25) is 0 Å². The van der Waals surface area contributed by atoms with Crippen LogP contribution >= 0.6 is 0 Å². The first kappa shape index (κ1) is 15.1. The first-order chi connectivity index (χ1) is 10.9. The van der Waals surface area contributed by atoms with Gasteiger partial charge in [0, 0.05) is 17.3 Å². The molecule has 3 N–H and O–H groups in total. The fourth-order valence-corrected chi connectivity index (χ4v) is 3.16. The predicted molar refractivity (Wildman–Crippen MR) is 84.6 cm³/mol. The highest BCUT2D eigenvalue weighted by Gasteiger charge is 2.30. The number of anilines is 1. The van der Waals surface area contributed by atoms with Gasteiger partial charge < -0.3 is 5.32 Å². The minimum atomic E-state index is -4.10. The van der Waals surface area contributed by atoms with Gasteiger partial charge in [0.05, 0.1) is 16.2 Å². The summed E-state index contributed by atoms with van der Waals surface area (Å²) >= 11 is 0. The number of hydrogen-bond donors (Lipinski definition) is 2. The van der Waals surface area contributed by atoms with E-state index < -0.39 is 21.6 Å². The number of sulfonamides is 1. The molecule has 0 heterocycles. The van der Waals surface area contributed by atoms with Crippen LogP contribution in [0.5, 0.6) is 0 Å². The second-order valence-corrected chi connectivity index (χ2v) is 6.50. The van der Waals surface area contributed by atoms with E-state index in [0.29, 0.717) is 5.69 Å². The zero-order valence-electron chi connectivity index (χ0n) is 11.8. The van der Waals surface area contributed by atoms with Crippen molar-refractivity contribution < 1.29 is 18.0 Å². The van der Waals surface area contributed by atoms with Gasteiger partial charge in [-0.2, -0.15) is 0 Å². The Morgan fingerprint density at radius 3 is 2.26 bits per heavy atom. The van der Waals surface area contributed by atoms with Gasteiger partial charge >= 0.3 is 0 Å². The van der Waals surface area contributed by atoms with Crippen molar-refractivity contribution in [2.45, 2.75) is 4.90 Å². The summed E-state index contributed by atoms with van der Waals surface area (Å²) in [6.45, 7) is 0. The minimum absolute atomic E-state index is 0.0162. The smallest absolute Gasteiger partial charge is 0.238 e. The molecule has 0 radical (unpaired) electrons. The second kappa shape index (κ2) is 5.45. The van der Waals surface area contributed by atoms with Crippen LogP contribution in [-0.4, -0.2) is 20.0 Å². The Balaban J connectivity index is 2.08. The molecule has 0 bridgehead atoms. The average molecular weight is 328 g/mol. The van der Waals surface area contributed by atoms with E-state index in [2.05, 4.69) is 5.32 Å². The van der Waals surface area contributed by atoms with E-state index in [1.807, 2.05) is 6.07 Å². The largest absolute Gasteiger partial charge is 0.352 e. The molecule has 2 aromatic carbocycles. The highest BCUT2D eigenvalue weighted by Crippen LogP contribution is 2.27. The van der Waals surface area contributed by atoms with E-state index in [9.17, 15) is 18.0 Å². The first-order valence-electron chi connectivity index (χ1n) is 6.66. The number of allylic oxidation sites excluding steroid dienone is 2. The summed E-state index contributed by atoms with van der Waals surface area (Å²) in [7, 11) is -4.10. The van der Waals surface area contributed by atoms with E-state index in [4.69, 9.17) is 5.14 Å². The maximum atomic E-state index is 12.5. The van der Waals surface area contributed by atoms with Gasteiger partial charge in [0.25, 0.3) is 0 Å². The molecule has 0 unspecified atom stereocenters. The number of Topliss-reactive ketones (excluding diaryl/α,β-unsaturated/α-hetero) is 1. The number of nitrogens with two attached hydrogens (primary N) is 1. The molecule has 1 aliphatic rings. The Labute approximate surface area is 132 Å². The standard InChI is InChI=1S/C16H12N2O4S/c17-23(21,22)14-8-4-7-11-15(14)13(19)9-12(16(11)20)18-10-5-2-1-3-6-10/h1-9,18H,(H2,17,21,22). The van der Waals surface area contributed by atoms with Crippen molar-refractivity contribution in [3.05, 3.63) is 71.4 Å². The Morgan fingerprint density at radius 2 is 1.61 bits per heavy atom. The quantitative estimate of drug-likeness (QED) is 0.892. The molecule has 7 heteroatoms. The zero-order chi connectivity index (χ0) is 16.6. The lowest BCUT2D eigenvalue weighted by Gasteiger charge is -2.18. The number of carbonyl (C=O) groups is 2. The van der Waals surface area contributed by atoms with Crippen molar-refractivity contribution in [3.63, 3.8) is 0 Å². The van der Waals surface area contributed by atoms with Gasteiger partial charge in [0.15, 0.2) is 5.78 Å². The van der Waals surface area contributed by atoms with E-state index in [1.54, 1.807) is 24.3 Å². The maximum Gasteiger partial charge on any atom is 0.238 e. The number of hydrogen-bond acceptors (Lipinski definition) is 5. The Morgan fingerprint density at radius 1 is 0.913 bits per heavy atom. The molecular formula is C16H12N2O4S. The van der Waals surface area contributed by atoms with E-state index in [-0.39, 0.29) is 21.7 Å². The van der Waals surface area contributed by atoms with Gasteiger partial charge in [0.2, 0.25) is 15.8 Å². The molecule has 0 saturated carbocycles. The summed E-state index contributed by atoms with van der Waals surface area (Å²) in [5.74, 6) is -1.04. The van der Waals surface area contributed by atoms with E-state index in [1.165, 1.54) is 18.2 Å². The minimum Gasteiger partial charge on any atom is -0.352 e. The molecule has 23 heavy (non-hydrogen) atoms. The highest BCUT2D eigenvalue weighted by atomic mass is 32.2. The van der Waals surface area contributed by atoms with Crippen LogP contribution in [-0.2, 0) is 10.0 Å². The third-order valence-electron chi connectivity index (χ3n) is 3.40. The summed E-state index contributed by atoms with van der Waals surface area (Å²) in [5, 5.41) is 7.99. The predicted octanol–water partition coefficient (Wildman–Crippen LogP) is 1.71. The molecule has 116 valence electrons. The molecule has 6 nitrogen and oxygen atoms in total. The van der Waals surface area contributed by atoms with Crippen LogP contribution < -0.4 is 10.5 Å². The normalized spacial score (nSPS) is 14.2. The lowest BCUT2D eigenvalue weighted by Crippen LogP contribution is -2.25. The van der Waals surface area contributed by atoms with E-state index in [0.717, 1.165) is 6.08 Å². The second-order valence-electron chi connectivity index (χ2n) is 4.97. The fourth-order valence-electron chi connectivity index (χ4n) is 2.40. The van der Waals surface area contributed by atoms with Crippen LogP contribution in [0.25, 0.3) is 0 Å². The van der Waals surface area contributed by atoms with Crippen LogP contribution in [0, 0.1) is 0 Å². The molecule has 0 spiro atoms. The topological polar surface area (TPSA) is 106 Å². The number of benzene rings is 2. The van der Waals surface area contributed by atoms with Crippen LogP contribution in [0.1, 0.15) is 20.7 Å². The molecule has 0 atom stereocenters. The van der Waals surface area contributed by atoms with E-state index >= 15 is 0 Å². The lowest BCUT2D eigenvalue weighted by molar-refractivity contribution is 0.0983.